The summed E-state index contributed by atoms with van der Waals surface area (Å²) in [6.07, 6.45) is -2.18. The molecule has 4 amide bonds. The van der Waals surface area contributed by atoms with E-state index in [0.717, 1.165) is 22.6 Å². The van der Waals surface area contributed by atoms with Crippen LogP contribution in [-0.4, -0.2) is 101 Å². The minimum atomic E-state index is -4.81. The van der Waals surface area contributed by atoms with Gasteiger partial charge in [0.2, 0.25) is 23.6 Å². The molecule has 14 nitrogen and oxygen atoms in total. The first kappa shape index (κ1) is 42.3. The minimum absolute atomic E-state index is 0.0279. The number of piperazine rings is 1. The summed E-state index contributed by atoms with van der Waals surface area (Å²) in [7, 11) is 0. The van der Waals surface area contributed by atoms with Gasteiger partial charge in [0.1, 0.15) is 18.2 Å². The van der Waals surface area contributed by atoms with E-state index in [-0.39, 0.29) is 35.6 Å². The Bertz CT molecular complexity index is 2170. The van der Waals surface area contributed by atoms with E-state index in [1.54, 1.807) is 49.1 Å². The molecule has 2 aromatic carbocycles. The number of thiocarbonyl (C=S) groups is 1. The summed E-state index contributed by atoms with van der Waals surface area (Å²) in [4.78, 5) is 61.6. The summed E-state index contributed by atoms with van der Waals surface area (Å²) in [5, 5.41) is 17.8. The number of alkyl halides is 3. The molecule has 0 spiro atoms. The second kappa shape index (κ2) is 17.2. The van der Waals surface area contributed by atoms with Gasteiger partial charge in [0.05, 0.1) is 41.3 Å². The smallest absolute Gasteiger partial charge is 0.417 e. The number of nitrogens with zero attached hydrogens (tertiary/aromatic N) is 6. The Morgan fingerprint density at radius 2 is 1.78 bits per heavy atom. The highest BCUT2D eigenvalue weighted by Crippen LogP contribution is 2.40. The van der Waals surface area contributed by atoms with Crippen molar-refractivity contribution in [1.29, 1.82) is 5.26 Å². The van der Waals surface area contributed by atoms with E-state index in [2.05, 4.69) is 25.8 Å². The maximum Gasteiger partial charge on any atom is 0.417 e. The number of nitrogens with one attached hydrogen (secondary N) is 3. The Morgan fingerprint density at radius 3 is 2.45 bits per heavy atom. The van der Waals surface area contributed by atoms with E-state index < -0.39 is 40.7 Å². The first-order valence-corrected chi connectivity index (χ1v) is 19.3. The number of aryl methyl sites for hydroxylation is 1. The van der Waals surface area contributed by atoms with Crippen LogP contribution in [0.5, 0.6) is 5.88 Å². The number of amides is 4. The van der Waals surface area contributed by atoms with E-state index in [1.165, 1.54) is 12.3 Å². The molecule has 0 aliphatic carbocycles. The van der Waals surface area contributed by atoms with Crippen LogP contribution in [0.3, 0.4) is 0 Å². The monoisotopic (exact) mass is 839 g/mol. The summed E-state index contributed by atoms with van der Waals surface area (Å²) in [5.74, 6) is -1.07. The van der Waals surface area contributed by atoms with Gasteiger partial charge in [-0.1, -0.05) is 18.5 Å². The molecule has 3 fully saturated rings. The third kappa shape index (κ3) is 9.34. The van der Waals surface area contributed by atoms with Crippen LogP contribution in [0.25, 0.3) is 0 Å². The molecule has 1 atom stereocenters. The molecule has 1 unspecified atom stereocenters. The molecule has 6 rings (SSSR count). The topological polar surface area (TPSA) is 163 Å². The van der Waals surface area contributed by atoms with E-state index in [9.17, 15) is 37.6 Å². The molecule has 0 saturated carbocycles. The van der Waals surface area contributed by atoms with Crippen LogP contribution in [0.2, 0.25) is 5.02 Å². The lowest BCUT2D eigenvalue weighted by Crippen LogP contribution is -2.49. The predicted molar refractivity (Wildman–Crippen MR) is 215 cm³/mol. The number of aromatic nitrogens is 1. The van der Waals surface area contributed by atoms with Crippen LogP contribution in [-0.2, 0) is 31.8 Å². The standard InChI is InChI=1S/C39H41ClF3N9O5S/c1-4-23-15-29(52-37(58)51(36(56)38(52,2)3)28-6-5-24(20-44)30(19-28)39(41,42)43)21-45-35(23)57-14-13-49-9-11-50(12-10-49)22-33(54)47-27-17-25(40)16-26(18-27)46-31-7-8-32(53)48-34(31)55/h5-6,15-19,21,31,46H,4,7-14,22H2,1-3H3,(H,47,54)(H,48,53,55). The van der Waals surface area contributed by atoms with Gasteiger partial charge in [0, 0.05) is 61.1 Å². The molecular formula is C39H41ClF3N9O5S. The number of benzene rings is 2. The van der Waals surface area contributed by atoms with E-state index in [4.69, 9.17) is 28.6 Å². The normalized spacial score (nSPS) is 18.9. The average Bonchev–Trinajstić information content (AvgIpc) is 3.34. The summed E-state index contributed by atoms with van der Waals surface area (Å²) in [6, 6.07) is 10.8. The molecule has 3 aliphatic rings. The van der Waals surface area contributed by atoms with Crippen molar-refractivity contribution < 1.29 is 37.1 Å². The minimum Gasteiger partial charge on any atom is -0.476 e. The number of pyridine rings is 1. The number of halogens is 4. The maximum absolute atomic E-state index is 13.8. The van der Waals surface area contributed by atoms with Crippen molar-refractivity contribution in [3.05, 3.63) is 70.4 Å². The van der Waals surface area contributed by atoms with Crippen LogP contribution in [0.1, 0.15) is 50.3 Å². The summed E-state index contributed by atoms with van der Waals surface area (Å²) >= 11 is 12.0. The van der Waals surface area contributed by atoms with Crippen LogP contribution in [0, 0.1) is 11.3 Å². The lowest BCUT2D eigenvalue weighted by molar-refractivity contribution is -0.138. The Labute approximate surface area is 343 Å². The second-order valence-corrected chi connectivity index (χ2v) is 15.4. The zero-order valence-corrected chi connectivity index (χ0v) is 33.5. The van der Waals surface area contributed by atoms with Gasteiger partial charge in [-0.25, -0.2) is 4.98 Å². The van der Waals surface area contributed by atoms with E-state index in [1.807, 2.05) is 11.8 Å². The van der Waals surface area contributed by atoms with Crippen molar-refractivity contribution in [3.63, 3.8) is 0 Å². The zero-order chi connectivity index (χ0) is 41.9. The van der Waals surface area contributed by atoms with Gasteiger partial charge in [0.25, 0.3) is 5.91 Å². The molecule has 306 valence electrons. The van der Waals surface area contributed by atoms with Gasteiger partial charge < -0.3 is 20.3 Å². The highest BCUT2D eigenvalue weighted by Gasteiger charge is 2.51. The third-order valence-corrected chi connectivity index (χ3v) is 10.7. The number of nitriles is 1. The number of imide groups is 1. The highest BCUT2D eigenvalue weighted by molar-refractivity contribution is 7.81. The Hall–Kier alpha value is -5.35. The summed E-state index contributed by atoms with van der Waals surface area (Å²) in [5.41, 5.74) is -0.847. The number of ether oxygens (including phenoxy) is 1. The first-order chi connectivity index (χ1) is 27.5. The second-order valence-electron chi connectivity index (χ2n) is 14.6. The average molecular weight is 840 g/mol. The Morgan fingerprint density at radius 1 is 1.07 bits per heavy atom. The highest BCUT2D eigenvalue weighted by atomic mass is 35.5. The SMILES string of the molecule is CCc1cc(N2C(=S)N(c3ccc(C#N)c(C(F)(F)F)c3)C(=O)C2(C)C)cnc1OCCN1CCN(CC(=O)Nc2cc(Cl)cc(NC3CCC(=O)NC3=O)c2)CC1. The lowest BCUT2D eigenvalue weighted by Gasteiger charge is -2.34. The van der Waals surface area contributed by atoms with Crippen LogP contribution in [0.4, 0.5) is 35.9 Å². The molecule has 1 aromatic heterocycles. The van der Waals surface area contributed by atoms with Gasteiger partial charge in [-0.2, -0.15) is 18.4 Å². The zero-order valence-electron chi connectivity index (χ0n) is 31.9. The van der Waals surface area contributed by atoms with Crippen molar-refractivity contribution in [2.45, 2.75) is 57.8 Å². The van der Waals surface area contributed by atoms with Crippen molar-refractivity contribution in [2.75, 3.05) is 66.3 Å². The molecule has 3 saturated heterocycles. The molecule has 4 heterocycles. The maximum atomic E-state index is 13.8. The molecule has 0 radical (unpaired) electrons. The lowest BCUT2D eigenvalue weighted by atomic mass is 10.0. The summed E-state index contributed by atoms with van der Waals surface area (Å²) in [6.45, 7) is 9.00. The number of piperidine rings is 1. The molecule has 0 bridgehead atoms. The van der Waals surface area contributed by atoms with Gasteiger partial charge in [0.15, 0.2) is 5.11 Å². The first-order valence-electron chi connectivity index (χ1n) is 18.6. The van der Waals surface area contributed by atoms with Crippen LogP contribution < -0.4 is 30.5 Å². The molecule has 3 N–H and O–H groups in total. The molecule has 19 heteroatoms. The number of hydrogen-bond acceptors (Lipinski definition) is 11. The fourth-order valence-corrected chi connectivity index (χ4v) is 7.83. The van der Waals surface area contributed by atoms with Crippen molar-refractivity contribution >= 4 is 75.3 Å². The van der Waals surface area contributed by atoms with Gasteiger partial charge in [-0.15, -0.1) is 0 Å². The van der Waals surface area contributed by atoms with Crippen molar-refractivity contribution in [3.8, 4) is 11.9 Å². The van der Waals surface area contributed by atoms with E-state index >= 15 is 0 Å². The quantitative estimate of drug-likeness (QED) is 0.166. The Balaban J connectivity index is 1.00. The summed E-state index contributed by atoms with van der Waals surface area (Å²) < 4.78 is 47.4. The largest absolute Gasteiger partial charge is 0.476 e. The molecular weight excluding hydrogens is 799 g/mol. The number of carbonyl (C=O) groups is 4. The Kier molecular flexibility index (Phi) is 12.6. The van der Waals surface area contributed by atoms with Gasteiger partial charge >= 0.3 is 6.18 Å². The number of hydrogen-bond donors (Lipinski definition) is 3. The molecule has 3 aromatic rings. The van der Waals surface area contributed by atoms with E-state index in [0.29, 0.717) is 80.1 Å². The van der Waals surface area contributed by atoms with Gasteiger partial charge in [-0.05, 0) is 81.4 Å². The molecule has 3 aliphatic heterocycles. The number of carbonyl (C=O) groups excluding carboxylic acids is 4. The fourth-order valence-electron chi connectivity index (χ4n) is 7.07. The van der Waals surface area contributed by atoms with Crippen molar-refractivity contribution in [2.24, 2.45) is 0 Å². The number of rotatable bonds is 12. The van der Waals surface area contributed by atoms with Crippen LogP contribution in [0.15, 0.2) is 48.7 Å². The predicted octanol–water partition coefficient (Wildman–Crippen LogP) is 4.96. The fraction of sp³-hybridized carbons (Fsp3) is 0.410. The van der Waals surface area contributed by atoms with Gasteiger partial charge in [-0.3, -0.25) is 39.2 Å². The third-order valence-electron chi connectivity index (χ3n) is 10.1. The molecule has 58 heavy (non-hydrogen) atoms. The number of anilines is 4. The van der Waals surface area contributed by atoms with Crippen LogP contribution >= 0.6 is 23.8 Å². The van der Waals surface area contributed by atoms with Crippen molar-refractivity contribution in [1.82, 2.24) is 20.1 Å².